The molecule has 2 aliphatic rings. The fourth-order valence-electron chi connectivity index (χ4n) is 4.76. The molecule has 2 aliphatic heterocycles. The number of carbonyl (C=O) groups is 1. The Bertz CT molecular complexity index is 929. The van der Waals surface area contributed by atoms with Crippen molar-refractivity contribution in [1.82, 2.24) is 5.32 Å². The van der Waals surface area contributed by atoms with Gasteiger partial charge in [-0.15, -0.1) is 0 Å². The first kappa shape index (κ1) is 18.6. The predicted octanol–water partition coefficient (Wildman–Crippen LogP) is 4.17. The highest BCUT2D eigenvalue weighted by atomic mass is 16.2. The van der Waals surface area contributed by atoms with Crippen LogP contribution in [0.15, 0.2) is 54.6 Å². The maximum Gasteiger partial charge on any atom is 0.224 e. The van der Waals surface area contributed by atoms with Crippen LogP contribution >= 0.6 is 0 Å². The third-order valence-electron chi connectivity index (χ3n) is 6.35. The van der Waals surface area contributed by atoms with Crippen LogP contribution in [0.5, 0.6) is 0 Å². The number of amides is 1. The summed E-state index contributed by atoms with van der Waals surface area (Å²) in [6, 6.07) is 17.1. The summed E-state index contributed by atoms with van der Waals surface area (Å²) in [7, 11) is 4.08. The zero-order chi connectivity index (χ0) is 20.1. The van der Waals surface area contributed by atoms with Gasteiger partial charge in [-0.3, -0.25) is 4.79 Å². The molecule has 28 heavy (non-hydrogen) atoms. The number of para-hydroxylation sites is 1. The molecule has 1 fully saturated rings. The van der Waals surface area contributed by atoms with E-state index < -0.39 is 5.66 Å². The zero-order valence-electron chi connectivity index (χ0n) is 17.4. The summed E-state index contributed by atoms with van der Waals surface area (Å²) < 4.78 is 0. The van der Waals surface area contributed by atoms with Gasteiger partial charge in [0.05, 0.1) is 0 Å². The van der Waals surface area contributed by atoms with E-state index in [1.54, 1.807) is 0 Å². The van der Waals surface area contributed by atoms with E-state index in [0.29, 0.717) is 6.42 Å². The van der Waals surface area contributed by atoms with Gasteiger partial charge >= 0.3 is 0 Å². The number of rotatable bonds is 3. The normalized spacial score (nSPS) is 25.4. The third kappa shape index (κ3) is 2.62. The number of fused-ring (bicyclic) bond motifs is 3. The molecular formula is C24H29N3O. The molecule has 4 heteroatoms. The van der Waals surface area contributed by atoms with Crippen LogP contribution in [-0.4, -0.2) is 31.7 Å². The van der Waals surface area contributed by atoms with Crippen molar-refractivity contribution in [2.24, 2.45) is 0 Å². The van der Waals surface area contributed by atoms with Crippen LogP contribution in [0, 0.1) is 0 Å². The van der Waals surface area contributed by atoms with Crippen LogP contribution in [-0.2, 0) is 10.2 Å². The number of nitrogens with one attached hydrogen (secondary N) is 1. The highest BCUT2D eigenvalue weighted by Crippen LogP contribution is 2.53. The van der Waals surface area contributed by atoms with E-state index in [2.05, 4.69) is 96.6 Å². The molecule has 0 unspecified atom stereocenters. The molecule has 0 radical (unpaired) electrons. The van der Waals surface area contributed by atoms with Gasteiger partial charge in [0, 0.05) is 43.3 Å². The molecule has 0 bridgehead atoms. The number of carbonyl (C=O) groups excluding carboxylic acids is 1. The van der Waals surface area contributed by atoms with E-state index in [0.717, 1.165) is 5.56 Å². The molecule has 2 atom stereocenters. The van der Waals surface area contributed by atoms with Crippen molar-refractivity contribution in [3.8, 4) is 0 Å². The predicted molar refractivity (Wildman–Crippen MR) is 117 cm³/mol. The Morgan fingerprint density at radius 3 is 2.46 bits per heavy atom. The summed E-state index contributed by atoms with van der Waals surface area (Å²) in [5.41, 5.74) is 3.95. The van der Waals surface area contributed by atoms with E-state index in [1.807, 2.05) is 14.1 Å². The zero-order valence-corrected chi connectivity index (χ0v) is 17.4. The lowest BCUT2D eigenvalue weighted by atomic mass is 9.74. The van der Waals surface area contributed by atoms with Crippen molar-refractivity contribution in [2.45, 2.75) is 44.3 Å². The molecule has 0 saturated carbocycles. The van der Waals surface area contributed by atoms with Crippen LogP contribution < -0.4 is 15.1 Å². The highest BCUT2D eigenvalue weighted by Gasteiger charge is 2.59. The van der Waals surface area contributed by atoms with Crippen LogP contribution in [0.2, 0.25) is 0 Å². The standard InChI is InChI=1S/C24H29N3O/c1-17-16-22(28)25-24(15-14-18-10-12-19(13-11-18)26(4)5)23(2,3)20-8-6-7-9-21(20)27(17)24/h6-15,17H,16H2,1-5H3,(H,25,28)/b15-14+/t17-,24-/m1/s1. The molecule has 4 rings (SSSR count). The lowest BCUT2D eigenvalue weighted by molar-refractivity contribution is -0.125. The first-order valence-electron chi connectivity index (χ1n) is 9.93. The van der Waals surface area contributed by atoms with Crippen LogP contribution in [0.3, 0.4) is 0 Å². The quantitative estimate of drug-likeness (QED) is 0.875. The Labute approximate surface area is 167 Å². The van der Waals surface area contributed by atoms with Gasteiger partial charge in [-0.1, -0.05) is 50.3 Å². The number of nitrogens with zero attached hydrogens (tertiary/aromatic N) is 2. The van der Waals surface area contributed by atoms with Crippen molar-refractivity contribution in [1.29, 1.82) is 0 Å². The first-order chi connectivity index (χ1) is 13.3. The second kappa shape index (κ2) is 6.40. The Morgan fingerprint density at radius 2 is 1.79 bits per heavy atom. The second-order valence-electron chi connectivity index (χ2n) is 8.70. The Kier molecular flexibility index (Phi) is 4.25. The summed E-state index contributed by atoms with van der Waals surface area (Å²) in [5, 5.41) is 3.35. The molecular weight excluding hydrogens is 346 g/mol. The van der Waals surface area contributed by atoms with Gasteiger partial charge in [0.1, 0.15) is 5.66 Å². The van der Waals surface area contributed by atoms with E-state index in [-0.39, 0.29) is 17.4 Å². The minimum absolute atomic E-state index is 0.109. The Hall–Kier alpha value is -2.75. The van der Waals surface area contributed by atoms with Crippen molar-refractivity contribution in [3.63, 3.8) is 0 Å². The Morgan fingerprint density at radius 1 is 1.11 bits per heavy atom. The number of hydrogen-bond acceptors (Lipinski definition) is 3. The summed E-state index contributed by atoms with van der Waals surface area (Å²) >= 11 is 0. The van der Waals surface area contributed by atoms with Crippen molar-refractivity contribution >= 4 is 23.4 Å². The summed E-state index contributed by atoms with van der Waals surface area (Å²) in [6.45, 7) is 6.60. The smallest absolute Gasteiger partial charge is 0.224 e. The summed E-state index contributed by atoms with van der Waals surface area (Å²) in [4.78, 5) is 17.1. The molecule has 2 heterocycles. The summed E-state index contributed by atoms with van der Waals surface area (Å²) in [5.74, 6) is 0.109. The average Bonchev–Trinajstić information content (AvgIpc) is 2.85. The monoisotopic (exact) mass is 375 g/mol. The fraction of sp³-hybridized carbons (Fsp3) is 0.375. The highest BCUT2D eigenvalue weighted by molar-refractivity contribution is 5.85. The molecule has 2 aromatic rings. The van der Waals surface area contributed by atoms with E-state index in [1.165, 1.54) is 16.9 Å². The van der Waals surface area contributed by atoms with Gasteiger partial charge in [-0.2, -0.15) is 0 Å². The molecule has 1 amide bonds. The van der Waals surface area contributed by atoms with Crippen molar-refractivity contribution < 1.29 is 4.79 Å². The van der Waals surface area contributed by atoms with E-state index >= 15 is 0 Å². The number of anilines is 2. The molecule has 2 aromatic carbocycles. The third-order valence-corrected chi connectivity index (χ3v) is 6.35. The van der Waals surface area contributed by atoms with Gasteiger partial charge in [0.2, 0.25) is 5.91 Å². The lowest BCUT2D eigenvalue weighted by Gasteiger charge is -2.51. The van der Waals surface area contributed by atoms with Crippen LogP contribution in [0.4, 0.5) is 11.4 Å². The van der Waals surface area contributed by atoms with Gasteiger partial charge in [0.15, 0.2) is 0 Å². The number of benzene rings is 2. The summed E-state index contributed by atoms with van der Waals surface area (Å²) in [6.07, 6.45) is 4.83. The SMILES string of the molecule is C[C@@H]1CC(=O)N[C@]2(/C=C/c3ccc(N(C)C)cc3)N1c1ccccc1C2(C)C. The molecule has 1 saturated heterocycles. The van der Waals surface area contributed by atoms with Gasteiger partial charge in [0.25, 0.3) is 0 Å². The van der Waals surface area contributed by atoms with Crippen molar-refractivity contribution in [2.75, 3.05) is 23.9 Å². The topological polar surface area (TPSA) is 35.6 Å². The van der Waals surface area contributed by atoms with Crippen molar-refractivity contribution in [3.05, 3.63) is 65.7 Å². The molecule has 1 N–H and O–H groups in total. The minimum Gasteiger partial charge on any atom is -0.378 e. The van der Waals surface area contributed by atoms with E-state index in [9.17, 15) is 4.79 Å². The number of hydrogen-bond donors (Lipinski definition) is 1. The molecule has 0 spiro atoms. The Balaban J connectivity index is 1.80. The minimum atomic E-state index is -0.578. The van der Waals surface area contributed by atoms with Gasteiger partial charge in [-0.05, 0) is 42.3 Å². The second-order valence-corrected chi connectivity index (χ2v) is 8.70. The molecule has 146 valence electrons. The maximum absolute atomic E-state index is 12.6. The van der Waals surface area contributed by atoms with Crippen LogP contribution in [0.25, 0.3) is 6.08 Å². The lowest BCUT2D eigenvalue weighted by Crippen LogP contribution is -2.71. The van der Waals surface area contributed by atoms with Gasteiger partial charge in [-0.25, -0.2) is 0 Å². The first-order valence-corrected chi connectivity index (χ1v) is 9.93. The largest absolute Gasteiger partial charge is 0.378 e. The molecule has 4 nitrogen and oxygen atoms in total. The van der Waals surface area contributed by atoms with E-state index in [4.69, 9.17) is 0 Å². The van der Waals surface area contributed by atoms with Crippen LogP contribution in [0.1, 0.15) is 38.3 Å². The maximum atomic E-state index is 12.6. The average molecular weight is 376 g/mol. The molecule has 0 aromatic heterocycles. The fourth-order valence-corrected chi connectivity index (χ4v) is 4.76. The van der Waals surface area contributed by atoms with Gasteiger partial charge < -0.3 is 15.1 Å². The molecule has 0 aliphatic carbocycles.